The minimum absolute atomic E-state index is 0.141. The Morgan fingerprint density at radius 2 is 2.10 bits per heavy atom. The van der Waals surface area contributed by atoms with Gasteiger partial charge in [0.05, 0.1) is 17.3 Å². The smallest absolute Gasteiger partial charge is 0.255 e. The van der Waals surface area contributed by atoms with Gasteiger partial charge in [-0.05, 0) is 36.4 Å². The molecule has 0 spiro atoms. The molecule has 2 rings (SSSR count). The van der Waals surface area contributed by atoms with Gasteiger partial charge in [-0.15, -0.1) is 0 Å². The highest BCUT2D eigenvalue weighted by atomic mass is 35.5. The molecule has 3 N–H and O–H groups in total. The molecule has 0 radical (unpaired) electrons. The van der Waals surface area contributed by atoms with Crippen LogP contribution < -0.4 is 11.1 Å². The first-order valence-corrected chi connectivity index (χ1v) is 6.53. The number of hydrogen-bond donors (Lipinski definition) is 2. The second-order valence-corrected chi connectivity index (χ2v) is 4.57. The molecule has 106 valence electrons. The van der Waals surface area contributed by atoms with E-state index < -0.39 is 5.82 Å². The summed E-state index contributed by atoms with van der Waals surface area (Å²) in [6.45, 7) is 0.252. The van der Waals surface area contributed by atoms with Crippen molar-refractivity contribution >= 4 is 23.2 Å². The van der Waals surface area contributed by atoms with E-state index in [4.69, 9.17) is 17.3 Å². The third kappa shape index (κ3) is 4.06. The zero-order valence-electron chi connectivity index (χ0n) is 11.0. The molecule has 2 aromatic rings. The Labute approximate surface area is 126 Å². The van der Waals surface area contributed by atoms with Gasteiger partial charge >= 0.3 is 0 Å². The van der Waals surface area contributed by atoms with Crippen LogP contribution in [-0.2, 0) is 0 Å². The van der Waals surface area contributed by atoms with E-state index in [2.05, 4.69) is 17.2 Å². The van der Waals surface area contributed by atoms with Crippen LogP contribution in [0.2, 0.25) is 5.02 Å². The van der Waals surface area contributed by atoms with Crippen LogP contribution >= 0.6 is 11.6 Å². The van der Waals surface area contributed by atoms with Gasteiger partial charge in [-0.2, -0.15) is 0 Å². The van der Waals surface area contributed by atoms with Gasteiger partial charge in [-0.25, -0.2) is 4.39 Å². The number of anilines is 1. The topological polar surface area (TPSA) is 55.1 Å². The molecule has 1 amide bonds. The standard InChI is InChI=1S/C16H12ClFN2O/c17-14-10-13(18)6-7-15(14)20-16(21)12-5-1-3-11(9-12)4-2-8-19/h1,3,5-7,9-10H,8,19H2,(H,20,21). The normalized spacial score (nSPS) is 9.67. The molecule has 0 aliphatic heterocycles. The van der Waals surface area contributed by atoms with Gasteiger partial charge < -0.3 is 11.1 Å². The van der Waals surface area contributed by atoms with Gasteiger partial charge in [-0.3, -0.25) is 4.79 Å². The fourth-order valence-corrected chi connectivity index (χ4v) is 1.89. The molecule has 0 heterocycles. The number of amides is 1. The number of carbonyl (C=O) groups is 1. The first-order valence-electron chi connectivity index (χ1n) is 6.15. The van der Waals surface area contributed by atoms with Crippen molar-refractivity contribution in [2.75, 3.05) is 11.9 Å². The Kier molecular flexibility index (Phi) is 4.94. The van der Waals surface area contributed by atoms with Crippen molar-refractivity contribution in [1.29, 1.82) is 0 Å². The molecule has 21 heavy (non-hydrogen) atoms. The predicted molar refractivity (Wildman–Crippen MR) is 81.7 cm³/mol. The van der Waals surface area contributed by atoms with Gasteiger partial charge in [-0.1, -0.05) is 29.5 Å². The fraction of sp³-hybridized carbons (Fsp3) is 0.0625. The van der Waals surface area contributed by atoms with E-state index in [0.717, 1.165) is 6.07 Å². The van der Waals surface area contributed by atoms with Crippen LogP contribution in [-0.4, -0.2) is 12.5 Å². The summed E-state index contributed by atoms with van der Waals surface area (Å²) in [5, 5.41) is 2.77. The largest absolute Gasteiger partial charge is 0.321 e. The van der Waals surface area contributed by atoms with Crippen molar-refractivity contribution in [3.05, 3.63) is 64.4 Å². The van der Waals surface area contributed by atoms with Crippen LogP contribution in [0.15, 0.2) is 42.5 Å². The number of benzene rings is 2. The summed E-state index contributed by atoms with van der Waals surface area (Å²) in [7, 11) is 0. The van der Waals surface area contributed by atoms with Crippen molar-refractivity contribution in [3.8, 4) is 11.8 Å². The molecule has 0 bridgehead atoms. The molecular weight excluding hydrogens is 291 g/mol. The summed E-state index contributed by atoms with van der Waals surface area (Å²) in [5.41, 5.74) is 6.78. The summed E-state index contributed by atoms with van der Waals surface area (Å²) >= 11 is 5.87. The van der Waals surface area contributed by atoms with E-state index in [1.165, 1.54) is 12.1 Å². The second-order valence-electron chi connectivity index (χ2n) is 4.16. The lowest BCUT2D eigenvalue weighted by Crippen LogP contribution is -2.12. The van der Waals surface area contributed by atoms with E-state index in [1.807, 2.05) is 0 Å². The molecule has 0 fully saturated rings. The maximum absolute atomic E-state index is 13.0. The summed E-state index contributed by atoms with van der Waals surface area (Å²) < 4.78 is 13.0. The minimum Gasteiger partial charge on any atom is -0.321 e. The molecular formula is C16H12ClFN2O. The van der Waals surface area contributed by atoms with E-state index in [0.29, 0.717) is 16.8 Å². The Morgan fingerprint density at radius 1 is 1.29 bits per heavy atom. The zero-order valence-corrected chi connectivity index (χ0v) is 11.7. The van der Waals surface area contributed by atoms with Crippen LogP contribution in [0.3, 0.4) is 0 Å². The minimum atomic E-state index is -0.461. The maximum atomic E-state index is 13.0. The molecule has 3 nitrogen and oxygen atoms in total. The number of nitrogens with one attached hydrogen (secondary N) is 1. The molecule has 0 aliphatic rings. The van der Waals surface area contributed by atoms with Crippen molar-refractivity contribution < 1.29 is 9.18 Å². The zero-order chi connectivity index (χ0) is 15.2. The van der Waals surface area contributed by atoms with Crippen molar-refractivity contribution in [2.24, 2.45) is 5.73 Å². The van der Waals surface area contributed by atoms with Crippen molar-refractivity contribution in [3.63, 3.8) is 0 Å². The van der Waals surface area contributed by atoms with E-state index >= 15 is 0 Å². The molecule has 0 saturated heterocycles. The first-order chi connectivity index (χ1) is 10.1. The van der Waals surface area contributed by atoms with Crippen molar-refractivity contribution in [2.45, 2.75) is 0 Å². The lowest BCUT2D eigenvalue weighted by Gasteiger charge is -2.07. The summed E-state index contributed by atoms with van der Waals surface area (Å²) in [6, 6.07) is 10.6. The number of nitrogens with two attached hydrogens (primary N) is 1. The highest BCUT2D eigenvalue weighted by molar-refractivity contribution is 6.33. The average molecular weight is 303 g/mol. The van der Waals surface area contributed by atoms with E-state index in [-0.39, 0.29) is 17.5 Å². The summed E-state index contributed by atoms with van der Waals surface area (Å²) in [6.07, 6.45) is 0. The number of rotatable bonds is 2. The van der Waals surface area contributed by atoms with Crippen LogP contribution in [0.4, 0.5) is 10.1 Å². The lowest BCUT2D eigenvalue weighted by atomic mass is 10.1. The van der Waals surface area contributed by atoms with Crippen LogP contribution in [0.1, 0.15) is 15.9 Å². The van der Waals surface area contributed by atoms with Gasteiger partial charge in [0.2, 0.25) is 0 Å². The third-order valence-electron chi connectivity index (χ3n) is 2.64. The molecule has 5 heteroatoms. The van der Waals surface area contributed by atoms with Crippen LogP contribution in [0.5, 0.6) is 0 Å². The fourth-order valence-electron chi connectivity index (χ4n) is 1.68. The monoisotopic (exact) mass is 302 g/mol. The maximum Gasteiger partial charge on any atom is 0.255 e. The Bertz CT molecular complexity index is 735. The van der Waals surface area contributed by atoms with Crippen LogP contribution in [0, 0.1) is 17.7 Å². The first kappa shape index (κ1) is 15.0. The summed E-state index contributed by atoms with van der Waals surface area (Å²) in [4.78, 5) is 12.1. The lowest BCUT2D eigenvalue weighted by molar-refractivity contribution is 0.102. The number of hydrogen-bond acceptors (Lipinski definition) is 2. The second kappa shape index (κ2) is 6.89. The van der Waals surface area contributed by atoms with Gasteiger partial charge in [0.25, 0.3) is 5.91 Å². The van der Waals surface area contributed by atoms with Crippen LogP contribution in [0.25, 0.3) is 0 Å². The SMILES string of the molecule is NCC#Cc1cccc(C(=O)Nc2ccc(F)cc2Cl)c1. The third-order valence-corrected chi connectivity index (χ3v) is 2.95. The Balaban J connectivity index is 2.20. The average Bonchev–Trinajstić information content (AvgIpc) is 2.48. The van der Waals surface area contributed by atoms with Gasteiger partial charge in [0.15, 0.2) is 0 Å². The molecule has 0 unspecified atom stereocenters. The van der Waals surface area contributed by atoms with Gasteiger partial charge in [0.1, 0.15) is 5.82 Å². The van der Waals surface area contributed by atoms with E-state index in [9.17, 15) is 9.18 Å². The molecule has 2 aromatic carbocycles. The molecule has 0 atom stereocenters. The quantitative estimate of drug-likeness (QED) is 0.838. The Morgan fingerprint density at radius 3 is 2.81 bits per heavy atom. The number of halogens is 2. The van der Waals surface area contributed by atoms with Crippen molar-refractivity contribution in [1.82, 2.24) is 0 Å². The predicted octanol–water partition coefficient (Wildman–Crippen LogP) is 3.04. The molecule has 0 aliphatic carbocycles. The molecule has 0 aromatic heterocycles. The highest BCUT2D eigenvalue weighted by Crippen LogP contribution is 2.23. The van der Waals surface area contributed by atoms with Gasteiger partial charge in [0, 0.05) is 11.1 Å². The Hall–Kier alpha value is -2.35. The number of carbonyl (C=O) groups excluding carboxylic acids is 1. The molecule has 0 saturated carbocycles. The highest BCUT2D eigenvalue weighted by Gasteiger charge is 2.09. The summed E-state index contributed by atoms with van der Waals surface area (Å²) in [5.74, 6) is 4.76. The van der Waals surface area contributed by atoms with E-state index in [1.54, 1.807) is 24.3 Å².